The summed E-state index contributed by atoms with van der Waals surface area (Å²) in [6.45, 7) is 14.3. The van der Waals surface area contributed by atoms with Crippen molar-refractivity contribution in [1.82, 2.24) is 0 Å². The minimum absolute atomic E-state index is 0.106. The lowest BCUT2D eigenvalue weighted by molar-refractivity contribution is -0.161. The van der Waals surface area contributed by atoms with Crippen LogP contribution in [0.15, 0.2) is 0 Å². The highest BCUT2D eigenvalue weighted by molar-refractivity contribution is 7.47. The van der Waals surface area contributed by atoms with E-state index >= 15 is 0 Å². The fraction of sp³-hybridized carbons (Fsp3) is 0.951. The van der Waals surface area contributed by atoms with Gasteiger partial charge in [0.05, 0.1) is 26.4 Å². The van der Waals surface area contributed by atoms with E-state index in [9.17, 15) is 43.2 Å². The SMILES string of the molecule is CCC(C)CCCCCCCCC(=O)OC[C@H](COP(=O)(O)OC[C@H](O)COP(=O)(O)OC[C@@H](COC(=O)CCCCCCCCCCCCCC(C)C)OC(=O)CCCCCCCCCCCCCCCCCCCCC(C)C)OC(=O)CCCCCCCCCCCCCCCC(C)C. The largest absolute Gasteiger partial charge is 0.472 e. The molecule has 6 atom stereocenters. The Balaban J connectivity index is 5.23. The van der Waals surface area contributed by atoms with Gasteiger partial charge in [0.1, 0.15) is 19.3 Å². The van der Waals surface area contributed by atoms with E-state index in [4.69, 9.17) is 37.0 Å². The van der Waals surface area contributed by atoms with Gasteiger partial charge in [0.2, 0.25) is 0 Å². The van der Waals surface area contributed by atoms with Crippen LogP contribution < -0.4 is 0 Å². The van der Waals surface area contributed by atoms with E-state index in [1.165, 1.54) is 218 Å². The zero-order valence-corrected chi connectivity index (χ0v) is 68.3. The first-order valence-electron chi connectivity index (χ1n) is 42.2. The number of phosphoric acid groups is 2. The summed E-state index contributed by atoms with van der Waals surface area (Å²) in [5, 5.41) is 10.6. The third kappa shape index (κ3) is 74.7. The number of esters is 4. The van der Waals surface area contributed by atoms with Crippen LogP contribution in [-0.2, 0) is 65.4 Å². The van der Waals surface area contributed by atoms with Crippen LogP contribution in [0.5, 0.6) is 0 Å². The van der Waals surface area contributed by atoms with E-state index in [2.05, 4.69) is 55.4 Å². The molecule has 0 heterocycles. The first-order valence-corrected chi connectivity index (χ1v) is 45.2. The Morgan fingerprint density at radius 1 is 0.277 bits per heavy atom. The Morgan fingerprint density at radius 2 is 0.475 bits per heavy atom. The third-order valence-corrected chi connectivity index (χ3v) is 21.3. The molecule has 0 aliphatic rings. The number of hydrogen-bond acceptors (Lipinski definition) is 15. The molecule has 0 aliphatic heterocycles. The molecule has 0 aromatic rings. The zero-order chi connectivity index (χ0) is 74.6. The van der Waals surface area contributed by atoms with Crippen LogP contribution in [-0.4, -0.2) is 96.7 Å². The molecule has 0 spiro atoms. The van der Waals surface area contributed by atoms with Gasteiger partial charge in [-0.25, -0.2) is 9.13 Å². The number of unbranched alkanes of at least 4 members (excludes halogenated alkanes) is 44. The van der Waals surface area contributed by atoms with E-state index < -0.39 is 97.5 Å². The Labute approximate surface area is 619 Å². The van der Waals surface area contributed by atoms with Crippen molar-refractivity contribution in [3.63, 3.8) is 0 Å². The molecular weight excluding hydrogens is 1320 g/mol. The molecule has 0 aromatic heterocycles. The molecule has 0 fully saturated rings. The number of carbonyl (C=O) groups excluding carboxylic acids is 4. The Bertz CT molecular complexity index is 1970. The Morgan fingerprint density at radius 3 is 0.703 bits per heavy atom. The maximum absolute atomic E-state index is 13.1. The monoisotopic (exact) mass is 1480 g/mol. The Hall–Kier alpha value is -1.94. The van der Waals surface area contributed by atoms with Gasteiger partial charge in [-0.3, -0.25) is 37.3 Å². The smallest absolute Gasteiger partial charge is 0.462 e. The molecule has 0 saturated heterocycles. The standard InChI is InChI=1S/C82H160O17P2/c1-9-75(8)61-53-45-40-41-47-55-63-80(85)93-69-78(99-82(87)65-57-49-39-33-26-20-16-18-23-29-35-43-51-59-73(4)5)71-97-101(90,91)95-67-76(83)66-94-100(88,89)96-70-77(68-92-79(84)62-54-46-37-31-27-21-24-30-36-44-52-60-74(6)7)98-81(86)64-56-48-38-32-25-19-15-13-11-10-12-14-17-22-28-34-42-50-58-72(2)3/h72-78,83H,9-71H2,1-8H3,(H,88,89)(H,90,91)/t75?,76-,77-,78-/m1/s1. The van der Waals surface area contributed by atoms with E-state index in [0.717, 1.165) is 120 Å². The van der Waals surface area contributed by atoms with Gasteiger partial charge in [-0.2, -0.15) is 0 Å². The number of carbonyl (C=O) groups is 4. The van der Waals surface area contributed by atoms with Gasteiger partial charge in [0.15, 0.2) is 12.2 Å². The molecule has 19 heteroatoms. The van der Waals surface area contributed by atoms with Crippen molar-refractivity contribution in [2.75, 3.05) is 39.6 Å². The van der Waals surface area contributed by atoms with Crippen LogP contribution in [0.2, 0.25) is 0 Å². The summed E-state index contributed by atoms with van der Waals surface area (Å²) in [6.07, 6.45) is 58.3. The van der Waals surface area contributed by atoms with Crippen molar-refractivity contribution in [1.29, 1.82) is 0 Å². The summed E-state index contributed by atoms with van der Waals surface area (Å²) in [5.74, 6) is 0.995. The lowest BCUT2D eigenvalue weighted by atomic mass is 10.00. The number of aliphatic hydroxyl groups is 1. The average Bonchev–Trinajstić information content (AvgIpc) is 0.960. The summed E-state index contributed by atoms with van der Waals surface area (Å²) in [6, 6.07) is 0. The van der Waals surface area contributed by atoms with Gasteiger partial charge < -0.3 is 33.8 Å². The van der Waals surface area contributed by atoms with Crippen LogP contribution in [0.4, 0.5) is 0 Å². The van der Waals surface area contributed by atoms with Gasteiger partial charge in [-0.15, -0.1) is 0 Å². The highest BCUT2D eigenvalue weighted by Gasteiger charge is 2.30. The van der Waals surface area contributed by atoms with Crippen LogP contribution in [0.1, 0.15) is 421 Å². The van der Waals surface area contributed by atoms with Gasteiger partial charge in [-0.05, 0) is 49.4 Å². The quantitative estimate of drug-likeness (QED) is 0.0222. The van der Waals surface area contributed by atoms with E-state index in [0.29, 0.717) is 25.7 Å². The first-order chi connectivity index (χ1) is 48.6. The molecule has 0 aromatic carbocycles. The number of phosphoric ester groups is 2. The minimum Gasteiger partial charge on any atom is -0.462 e. The molecule has 0 bridgehead atoms. The van der Waals surface area contributed by atoms with Crippen LogP contribution in [0.25, 0.3) is 0 Å². The summed E-state index contributed by atoms with van der Waals surface area (Å²) in [4.78, 5) is 73.0. The van der Waals surface area contributed by atoms with Crippen molar-refractivity contribution in [3.05, 3.63) is 0 Å². The van der Waals surface area contributed by atoms with Gasteiger partial charge in [0, 0.05) is 25.7 Å². The maximum atomic E-state index is 13.1. The number of hydrogen-bond donors (Lipinski definition) is 3. The van der Waals surface area contributed by atoms with E-state index in [1.54, 1.807) is 0 Å². The molecule has 3 N–H and O–H groups in total. The molecule has 600 valence electrons. The second-order valence-corrected chi connectivity index (χ2v) is 34.1. The summed E-state index contributed by atoms with van der Waals surface area (Å²) >= 11 is 0. The fourth-order valence-electron chi connectivity index (χ4n) is 12.6. The molecule has 0 amide bonds. The van der Waals surface area contributed by atoms with Gasteiger partial charge in [-0.1, -0.05) is 370 Å². The van der Waals surface area contributed by atoms with Crippen LogP contribution in [0, 0.1) is 23.7 Å². The van der Waals surface area contributed by atoms with Gasteiger partial charge >= 0.3 is 39.5 Å². The molecule has 0 saturated carbocycles. The van der Waals surface area contributed by atoms with Gasteiger partial charge in [0.25, 0.3) is 0 Å². The summed E-state index contributed by atoms with van der Waals surface area (Å²) < 4.78 is 68.7. The second-order valence-electron chi connectivity index (χ2n) is 31.2. The van der Waals surface area contributed by atoms with Crippen molar-refractivity contribution >= 4 is 39.5 Å². The molecule has 0 aliphatic carbocycles. The minimum atomic E-state index is -4.96. The molecule has 0 rings (SSSR count). The van der Waals surface area contributed by atoms with Crippen molar-refractivity contribution in [2.45, 2.75) is 440 Å². The lowest BCUT2D eigenvalue weighted by Gasteiger charge is -2.21. The average molecular weight is 1480 g/mol. The number of aliphatic hydroxyl groups excluding tert-OH is 1. The molecule has 3 unspecified atom stereocenters. The topological polar surface area (TPSA) is 237 Å². The molecule has 101 heavy (non-hydrogen) atoms. The predicted molar refractivity (Wildman–Crippen MR) is 414 cm³/mol. The highest BCUT2D eigenvalue weighted by Crippen LogP contribution is 2.45. The highest BCUT2D eigenvalue weighted by atomic mass is 31.2. The van der Waals surface area contributed by atoms with Crippen molar-refractivity contribution < 1.29 is 80.2 Å². The van der Waals surface area contributed by atoms with Crippen molar-refractivity contribution in [2.24, 2.45) is 23.7 Å². The van der Waals surface area contributed by atoms with E-state index in [-0.39, 0.29) is 25.7 Å². The summed E-state index contributed by atoms with van der Waals surface area (Å²) in [5.41, 5.74) is 0. The molecule has 0 radical (unpaired) electrons. The molecular formula is C82H160O17P2. The zero-order valence-electron chi connectivity index (χ0n) is 66.5. The first kappa shape index (κ1) is 99.1. The number of rotatable bonds is 79. The lowest BCUT2D eigenvalue weighted by Crippen LogP contribution is -2.30. The van der Waals surface area contributed by atoms with E-state index in [1.807, 2.05) is 0 Å². The molecule has 17 nitrogen and oxygen atoms in total. The summed E-state index contributed by atoms with van der Waals surface area (Å²) in [7, 11) is -9.92. The normalized spacial score (nSPS) is 14.3. The fourth-order valence-corrected chi connectivity index (χ4v) is 14.2. The Kier molecular flexibility index (Phi) is 69.6. The second kappa shape index (κ2) is 71.0. The third-order valence-electron chi connectivity index (χ3n) is 19.4. The van der Waals surface area contributed by atoms with Crippen LogP contribution in [0.3, 0.4) is 0 Å². The number of ether oxygens (including phenoxy) is 4. The van der Waals surface area contributed by atoms with Crippen LogP contribution >= 0.6 is 15.6 Å². The van der Waals surface area contributed by atoms with Crippen molar-refractivity contribution in [3.8, 4) is 0 Å². The maximum Gasteiger partial charge on any atom is 0.472 e. The predicted octanol–water partition coefficient (Wildman–Crippen LogP) is 24.4.